The molecule has 4 nitrogen and oxygen atoms in total. The first kappa shape index (κ1) is 12.0. The summed E-state index contributed by atoms with van der Waals surface area (Å²) in [6.45, 7) is 0. The summed E-state index contributed by atoms with van der Waals surface area (Å²) in [4.78, 5) is 4.10. The molecule has 0 bridgehead atoms. The molecule has 0 fully saturated rings. The van der Waals surface area contributed by atoms with Crippen molar-refractivity contribution in [1.82, 2.24) is 4.98 Å². The van der Waals surface area contributed by atoms with Crippen LogP contribution in [0.15, 0.2) is 36.4 Å². The molecular formula is C11H9Cl2N3O. The summed E-state index contributed by atoms with van der Waals surface area (Å²) in [7, 11) is 0. The van der Waals surface area contributed by atoms with Crippen molar-refractivity contribution >= 4 is 29.0 Å². The van der Waals surface area contributed by atoms with E-state index in [1.54, 1.807) is 36.4 Å². The number of pyridine rings is 1. The van der Waals surface area contributed by atoms with Crippen molar-refractivity contribution in [3.05, 3.63) is 46.4 Å². The first-order chi connectivity index (χ1) is 8.19. The van der Waals surface area contributed by atoms with Crippen LogP contribution in [0.5, 0.6) is 11.6 Å². The van der Waals surface area contributed by atoms with Crippen molar-refractivity contribution in [3.63, 3.8) is 0 Å². The minimum absolute atomic E-state index is 0.393. The van der Waals surface area contributed by atoms with Gasteiger partial charge in [0.15, 0.2) is 0 Å². The second-order valence-electron chi connectivity index (χ2n) is 3.18. The molecule has 0 unspecified atom stereocenters. The van der Waals surface area contributed by atoms with Crippen LogP contribution in [0.4, 0.5) is 5.82 Å². The van der Waals surface area contributed by atoms with Crippen molar-refractivity contribution in [2.45, 2.75) is 0 Å². The monoisotopic (exact) mass is 269 g/mol. The van der Waals surface area contributed by atoms with E-state index in [0.29, 0.717) is 27.5 Å². The topological polar surface area (TPSA) is 60.2 Å². The Labute approximate surface area is 108 Å². The van der Waals surface area contributed by atoms with Crippen LogP contribution in [0.25, 0.3) is 0 Å². The molecule has 3 N–H and O–H groups in total. The number of aromatic nitrogens is 1. The number of anilines is 1. The number of rotatable bonds is 3. The number of ether oxygens (including phenoxy) is 1. The molecule has 0 aliphatic heterocycles. The summed E-state index contributed by atoms with van der Waals surface area (Å²) in [5.74, 6) is 6.63. The molecule has 1 heterocycles. The molecule has 0 radical (unpaired) electrons. The van der Waals surface area contributed by atoms with Crippen LogP contribution >= 0.6 is 23.2 Å². The Balaban J connectivity index is 2.25. The normalized spacial score (nSPS) is 10.1. The van der Waals surface area contributed by atoms with Crippen LogP contribution in [0.1, 0.15) is 0 Å². The first-order valence-corrected chi connectivity index (χ1v) is 5.51. The van der Waals surface area contributed by atoms with Gasteiger partial charge in [-0.25, -0.2) is 5.84 Å². The average Bonchev–Trinajstić information content (AvgIpc) is 2.33. The van der Waals surface area contributed by atoms with Gasteiger partial charge in [-0.3, -0.25) is 0 Å². The van der Waals surface area contributed by atoms with E-state index < -0.39 is 0 Å². The zero-order valence-electron chi connectivity index (χ0n) is 8.65. The van der Waals surface area contributed by atoms with E-state index in [0.717, 1.165) is 0 Å². The molecule has 6 heteroatoms. The van der Waals surface area contributed by atoms with E-state index in [9.17, 15) is 0 Å². The van der Waals surface area contributed by atoms with Crippen molar-refractivity contribution in [1.29, 1.82) is 0 Å². The number of nitrogens with one attached hydrogen (secondary N) is 1. The third-order valence-electron chi connectivity index (χ3n) is 1.98. The molecule has 0 atom stereocenters. The van der Waals surface area contributed by atoms with Gasteiger partial charge in [0.2, 0.25) is 5.88 Å². The van der Waals surface area contributed by atoms with Gasteiger partial charge in [-0.15, -0.1) is 0 Å². The quantitative estimate of drug-likeness (QED) is 0.662. The first-order valence-electron chi connectivity index (χ1n) is 4.75. The summed E-state index contributed by atoms with van der Waals surface area (Å²) in [6, 6.07) is 10.1. The zero-order valence-corrected chi connectivity index (χ0v) is 10.2. The Kier molecular flexibility index (Phi) is 3.68. The molecular weight excluding hydrogens is 261 g/mol. The summed E-state index contributed by atoms with van der Waals surface area (Å²) in [6.07, 6.45) is 0. The lowest BCUT2D eigenvalue weighted by Crippen LogP contribution is -2.08. The van der Waals surface area contributed by atoms with Crippen molar-refractivity contribution in [2.75, 3.05) is 5.43 Å². The minimum atomic E-state index is 0.393. The van der Waals surface area contributed by atoms with Gasteiger partial charge in [-0.1, -0.05) is 29.3 Å². The minimum Gasteiger partial charge on any atom is -0.437 e. The van der Waals surface area contributed by atoms with Gasteiger partial charge in [0.1, 0.15) is 11.6 Å². The highest BCUT2D eigenvalue weighted by molar-refractivity contribution is 6.35. The lowest BCUT2D eigenvalue weighted by molar-refractivity contribution is 0.464. The molecule has 0 saturated carbocycles. The van der Waals surface area contributed by atoms with Crippen molar-refractivity contribution in [3.8, 4) is 11.6 Å². The average molecular weight is 270 g/mol. The molecule has 0 saturated heterocycles. The summed E-state index contributed by atoms with van der Waals surface area (Å²) in [5, 5.41) is 0.970. The fraction of sp³-hybridized carbons (Fsp3) is 0. The van der Waals surface area contributed by atoms with Crippen LogP contribution in [0.3, 0.4) is 0 Å². The highest BCUT2D eigenvalue weighted by atomic mass is 35.5. The molecule has 0 aliphatic rings. The van der Waals surface area contributed by atoms with E-state index in [2.05, 4.69) is 10.4 Å². The molecule has 17 heavy (non-hydrogen) atoms. The molecule has 1 aromatic heterocycles. The fourth-order valence-corrected chi connectivity index (χ4v) is 1.67. The number of nitrogen functional groups attached to an aromatic ring is 1. The van der Waals surface area contributed by atoms with Crippen LogP contribution in [0, 0.1) is 0 Å². The van der Waals surface area contributed by atoms with E-state index in [1.165, 1.54) is 0 Å². The van der Waals surface area contributed by atoms with Gasteiger partial charge >= 0.3 is 0 Å². The number of nitrogens with zero attached hydrogens (tertiary/aromatic N) is 1. The second-order valence-corrected chi connectivity index (χ2v) is 4.03. The van der Waals surface area contributed by atoms with Gasteiger partial charge in [0.05, 0.1) is 5.02 Å². The predicted molar refractivity (Wildman–Crippen MR) is 68.6 cm³/mol. The summed E-state index contributed by atoms with van der Waals surface area (Å²) < 4.78 is 5.51. The van der Waals surface area contributed by atoms with Crippen LogP contribution in [0.2, 0.25) is 10.0 Å². The number of hydrogen-bond donors (Lipinski definition) is 2. The van der Waals surface area contributed by atoms with Gasteiger partial charge in [-0.05, 0) is 24.3 Å². The van der Waals surface area contributed by atoms with Crippen molar-refractivity contribution in [2.24, 2.45) is 5.84 Å². The SMILES string of the molecule is NNc1cccc(Oc2ccc(Cl)cc2Cl)n1. The highest BCUT2D eigenvalue weighted by Gasteiger charge is 2.05. The van der Waals surface area contributed by atoms with E-state index in [1.807, 2.05) is 0 Å². The van der Waals surface area contributed by atoms with Gasteiger partial charge in [0.25, 0.3) is 0 Å². The van der Waals surface area contributed by atoms with E-state index in [-0.39, 0.29) is 0 Å². The fourth-order valence-electron chi connectivity index (χ4n) is 1.22. The Morgan fingerprint density at radius 1 is 1.18 bits per heavy atom. The number of nitrogens with two attached hydrogens (primary N) is 1. The Bertz CT molecular complexity index is 534. The largest absolute Gasteiger partial charge is 0.437 e. The number of benzene rings is 1. The number of hydrazine groups is 1. The standard InChI is InChI=1S/C11H9Cl2N3O/c12-7-4-5-9(8(13)6-7)17-11-3-1-2-10(15-11)16-14/h1-6H,14H2,(H,15,16). The van der Waals surface area contributed by atoms with Crippen LogP contribution < -0.4 is 16.0 Å². The van der Waals surface area contributed by atoms with Crippen LogP contribution in [-0.2, 0) is 0 Å². The molecule has 0 aliphatic carbocycles. The summed E-state index contributed by atoms with van der Waals surface area (Å²) >= 11 is 11.8. The lowest BCUT2D eigenvalue weighted by Gasteiger charge is -2.07. The molecule has 2 aromatic rings. The van der Waals surface area contributed by atoms with Gasteiger partial charge in [-0.2, -0.15) is 4.98 Å². The Morgan fingerprint density at radius 2 is 2.00 bits per heavy atom. The Morgan fingerprint density at radius 3 is 2.71 bits per heavy atom. The third-order valence-corrected chi connectivity index (χ3v) is 2.51. The maximum atomic E-state index is 5.98. The third kappa shape index (κ3) is 3.00. The highest BCUT2D eigenvalue weighted by Crippen LogP contribution is 2.30. The van der Waals surface area contributed by atoms with Crippen LogP contribution in [-0.4, -0.2) is 4.98 Å². The zero-order chi connectivity index (χ0) is 12.3. The lowest BCUT2D eigenvalue weighted by atomic mass is 10.3. The predicted octanol–water partition coefficient (Wildman–Crippen LogP) is 3.47. The number of halogens is 2. The maximum Gasteiger partial charge on any atom is 0.221 e. The molecule has 0 amide bonds. The molecule has 0 spiro atoms. The molecule has 2 rings (SSSR count). The molecule has 88 valence electrons. The number of hydrogen-bond acceptors (Lipinski definition) is 4. The van der Waals surface area contributed by atoms with E-state index >= 15 is 0 Å². The van der Waals surface area contributed by atoms with Gasteiger partial charge < -0.3 is 10.2 Å². The maximum absolute atomic E-state index is 5.98. The van der Waals surface area contributed by atoms with E-state index in [4.69, 9.17) is 33.8 Å². The molecule has 1 aromatic carbocycles. The Hall–Kier alpha value is -1.49. The van der Waals surface area contributed by atoms with Crippen molar-refractivity contribution < 1.29 is 4.74 Å². The smallest absolute Gasteiger partial charge is 0.221 e. The summed E-state index contributed by atoms with van der Waals surface area (Å²) in [5.41, 5.74) is 2.43. The van der Waals surface area contributed by atoms with Gasteiger partial charge in [0, 0.05) is 11.1 Å². The second kappa shape index (κ2) is 5.23.